The summed E-state index contributed by atoms with van der Waals surface area (Å²) in [5.41, 5.74) is 2.14. The van der Waals surface area contributed by atoms with E-state index in [2.05, 4.69) is 20.7 Å². The average Bonchev–Trinajstić information content (AvgIpc) is 2.53. The number of aliphatic hydroxyl groups is 1. The second-order valence-corrected chi connectivity index (χ2v) is 5.22. The van der Waals surface area contributed by atoms with Crippen LogP contribution in [0.4, 0.5) is 0 Å². The Bertz CT molecular complexity index is 623. The van der Waals surface area contributed by atoms with Gasteiger partial charge < -0.3 is 14.6 Å². The fraction of sp³-hybridized carbons (Fsp3) is 0.188. The lowest BCUT2D eigenvalue weighted by Gasteiger charge is -2.12. The van der Waals surface area contributed by atoms with Gasteiger partial charge in [0.05, 0.1) is 23.8 Å². The van der Waals surface area contributed by atoms with E-state index in [1.165, 1.54) is 7.11 Å². The molecular formula is C16H15BrO4. The first kappa shape index (κ1) is 15.5. The number of halogens is 1. The fourth-order valence-corrected chi connectivity index (χ4v) is 2.37. The van der Waals surface area contributed by atoms with Crippen LogP contribution in [0.3, 0.4) is 0 Å². The van der Waals surface area contributed by atoms with Crippen molar-refractivity contribution >= 4 is 21.9 Å². The molecule has 0 aliphatic heterocycles. The quantitative estimate of drug-likeness (QED) is 0.840. The van der Waals surface area contributed by atoms with Gasteiger partial charge in [-0.1, -0.05) is 24.3 Å². The topological polar surface area (TPSA) is 55.8 Å². The molecule has 2 aromatic rings. The van der Waals surface area contributed by atoms with Gasteiger partial charge in [-0.05, 0) is 39.7 Å². The smallest absolute Gasteiger partial charge is 0.337 e. The summed E-state index contributed by atoms with van der Waals surface area (Å²) < 4.78 is 11.2. The first-order valence-corrected chi connectivity index (χ1v) is 7.13. The molecule has 21 heavy (non-hydrogen) atoms. The summed E-state index contributed by atoms with van der Waals surface area (Å²) in [4.78, 5) is 11.3. The zero-order chi connectivity index (χ0) is 15.2. The van der Waals surface area contributed by atoms with Crippen LogP contribution in [0.5, 0.6) is 5.75 Å². The van der Waals surface area contributed by atoms with E-state index in [0.29, 0.717) is 17.9 Å². The molecule has 0 heterocycles. The highest BCUT2D eigenvalue weighted by molar-refractivity contribution is 9.10. The van der Waals surface area contributed by atoms with Gasteiger partial charge in [0.2, 0.25) is 0 Å². The van der Waals surface area contributed by atoms with Gasteiger partial charge in [0.15, 0.2) is 0 Å². The number of rotatable bonds is 5. The Labute approximate surface area is 131 Å². The summed E-state index contributed by atoms with van der Waals surface area (Å²) in [6, 6.07) is 12.5. The van der Waals surface area contributed by atoms with Crippen molar-refractivity contribution in [2.75, 3.05) is 7.11 Å². The number of ether oxygens (including phenoxy) is 2. The Kier molecular flexibility index (Phi) is 5.36. The van der Waals surface area contributed by atoms with Gasteiger partial charge in [0.1, 0.15) is 12.4 Å². The predicted molar refractivity (Wildman–Crippen MR) is 82.2 cm³/mol. The van der Waals surface area contributed by atoms with Crippen LogP contribution in [0.25, 0.3) is 0 Å². The Morgan fingerprint density at radius 2 is 1.90 bits per heavy atom. The van der Waals surface area contributed by atoms with Crippen molar-refractivity contribution in [2.45, 2.75) is 13.2 Å². The maximum atomic E-state index is 11.3. The van der Waals surface area contributed by atoms with Crippen molar-refractivity contribution in [1.82, 2.24) is 0 Å². The molecule has 110 valence electrons. The zero-order valence-corrected chi connectivity index (χ0v) is 13.1. The van der Waals surface area contributed by atoms with Gasteiger partial charge in [-0.25, -0.2) is 4.79 Å². The SMILES string of the molecule is COC(=O)c1ccc(COc2c(Br)cccc2CO)cc1. The molecule has 0 aromatic heterocycles. The van der Waals surface area contributed by atoms with Crippen LogP contribution in [-0.2, 0) is 18.0 Å². The van der Waals surface area contributed by atoms with Gasteiger partial charge in [0, 0.05) is 5.56 Å². The summed E-state index contributed by atoms with van der Waals surface area (Å²) in [5, 5.41) is 9.31. The number of hydrogen-bond acceptors (Lipinski definition) is 4. The van der Waals surface area contributed by atoms with Crippen LogP contribution >= 0.6 is 15.9 Å². The summed E-state index contributed by atoms with van der Waals surface area (Å²) >= 11 is 3.40. The van der Waals surface area contributed by atoms with Crippen molar-refractivity contribution in [1.29, 1.82) is 0 Å². The molecule has 4 nitrogen and oxygen atoms in total. The Hall–Kier alpha value is -1.85. The van der Waals surface area contributed by atoms with E-state index in [4.69, 9.17) is 4.74 Å². The Morgan fingerprint density at radius 3 is 2.52 bits per heavy atom. The van der Waals surface area contributed by atoms with Crippen molar-refractivity contribution in [3.05, 3.63) is 63.6 Å². The molecule has 2 rings (SSSR count). The van der Waals surface area contributed by atoms with E-state index < -0.39 is 0 Å². The lowest BCUT2D eigenvalue weighted by molar-refractivity contribution is 0.0600. The van der Waals surface area contributed by atoms with Crippen LogP contribution in [0.15, 0.2) is 46.9 Å². The minimum absolute atomic E-state index is 0.0873. The van der Waals surface area contributed by atoms with Gasteiger partial charge in [-0.3, -0.25) is 0 Å². The minimum atomic E-state index is -0.365. The highest BCUT2D eigenvalue weighted by atomic mass is 79.9. The second-order valence-electron chi connectivity index (χ2n) is 4.36. The van der Waals surface area contributed by atoms with Gasteiger partial charge >= 0.3 is 5.97 Å². The average molecular weight is 351 g/mol. The molecule has 0 saturated carbocycles. The van der Waals surface area contributed by atoms with Crippen molar-refractivity contribution in [3.8, 4) is 5.75 Å². The van der Waals surface area contributed by atoms with Crippen LogP contribution in [0.2, 0.25) is 0 Å². The first-order valence-electron chi connectivity index (χ1n) is 6.34. The highest BCUT2D eigenvalue weighted by Gasteiger charge is 2.08. The minimum Gasteiger partial charge on any atom is -0.487 e. The number of carbonyl (C=O) groups excluding carboxylic acids is 1. The predicted octanol–water partition coefficient (Wildman–Crippen LogP) is 3.31. The van der Waals surface area contributed by atoms with Gasteiger partial charge in [-0.2, -0.15) is 0 Å². The van der Waals surface area contributed by atoms with E-state index >= 15 is 0 Å². The number of carbonyl (C=O) groups is 1. The van der Waals surface area contributed by atoms with E-state index in [0.717, 1.165) is 15.6 Å². The standard InChI is InChI=1S/C16H15BrO4/c1-20-16(19)12-7-5-11(6-8-12)10-21-15-13(9-18)3-2-4-14(15)17/h2-8,18H,9-10H2,1H3. The summed E-state index contributed by atoms with van der Waals surface area (Å²) in [6.45, 7) is 0.257. The van der Waals surface area contributed by atoms with Crippen LogP contribution < -0.4 is 4.74 Å². The van der Waals surface area contributed by atoms with Crippen molar-refractivity contribution in [3.63, 3.8) is 0 Å². The Morgan fingerprint density at radius 1 is 1.19 bits per heavy atom. The van der Waals surface area contributed by atoms with Crippen molar-refractivity contribution in [2.24, 2.45) is 0 Å². The molecule has 0 fully saturated rings. The number of esters is 1. The lowest BCUT2D eigenvalue weighted by atomic mass is 10.1. The number of para-hydroxylation sites is 1. The Balaban J connectivity index is 2.08. The maximum absolute atomic E-state index is 11.3. The molecule has 0 atom stereocenters. The summed E-state index contributed by atoms with van der Waals surface area (Å²) in [6.07, 6.45) is 0. The molecular weight excluding hydrogens is 336 g/mol. The fourth-order valence-electron chi connectivity index (χ4n) is 1.85. The third-order valence-electron chi connectivity index (χ3n) is 2.98. The molecule has 0 radical (unpaired) electrons. The van der Waals surface area contributed by atoms with Crippen LogP contribution in [0.1, 0.15) is 21.5 Å². The van der Waals surface area contributed by atoms with E-state index in [1.54, 1.807) is 18.2 Å². The van der Waals surface area contributed by atoms with E-state index in [1.807, 2.05) is 24.3 Å². The van der Waals surface area contributed by atoms with Gasteiger partial charge in [-0.15, -0.1) is 0 Å². The lowest BCUT2D eigenvalue weighted by Crippen LogP contribution is -2.03. The molecule has 0 unspecified atom stereocenters. The molecule has 0 spiro atoms. The highest BCUT2D eigenvalue weighted by Crippen LogP contribution is 2.29. The zero-order valence-electron chi connectivity index (χ0n) is 11.5. The molecule has 0 amide bonds. The van der Waals surface area contributed by atoms with Crippen LogP contribution in [0, 0.1) is 0 Å². The number of benzene rings is 2. The van der Waals surface area contributed by atoms with E-state index in [9.17, 15) is 9.90 Å². The maximum Gasteiger partial charge on any atom is 0.337 e. The normalized spacial score (nSPS) is 10.2. The molecule has 5 heteroatoms. The summed E-state index contributed by atoms with van der Waals surface area (Å²) in [7, 11) is 1.35. The van der Waals surface area contributed by atoms with Crippen molar-refractivity contribution < 1.29 is 19.4 Å². The third-order valence-corrected chi connectivity index (χ3v) is 3.60. The van der Waals surface area contributed by atoms with Crippen LogP contribution in [-0.4, -0.2) is 18.2 Å². The largest absolute Gasteiger partial charge is 0.487 e. The first-order chi connectivity index (χ1) is 10.2. The second kappa shape index (κ2) is 7.24. The van der Waals surface area contributed by atoms with E-state index in [-0.39, 0.29) is 12.6 Å². The van der Waals surface area contributed by atoms with Gasteiger partial charge in [0.25, 0.3) is 0 Å². The molecule has 0 aliphatic rings. The number of aliphatic hydroxyl groups excluding tert-OH is 1. The molecule has 0 bridgehead atoms. The molecule has 0 aliphatic carbocycles. The summed E-state index contributed by atoms with van der Waals surface area (Å²) in [5.74, 6) is 0.257. The number of methoxy groups -OCH3 is 1. The molecule has 2 aromatic carbocycles. The number of hydrogen-bond donors (Lipinski definition) is 1. The molecule has 1 N–H and O–H groups in total. The monoisotopic (exact) mass is 350 g/mol. The third kappa shape index (κ3) is 3.83. The molecule has 0 saturated heterocycles.